The second kappa shape index (κ2) is 8.17. The van der Waals surface area contributed by atoms with E-state index >= 15 is 0 Å². The molecule has 3 aromatic rings. The fourth-order valence-corrected chi connectivity index (χ4v) is 2.39. The molecule has 3 rings (SSSR count). The van der Waals surface area contributed by atoms with Gasteiger partial charge in [-0.3, -0.25) is 15.0 Å². The predicted octanol–water partition coefficient (Wildman–Crippen LogP) is 4.40. The maximum absolute atomic E-state index is 12.0. The van der Waals surface area contributed by atoms with Crippen molar-refractivity contribution in [3.8, 4) is 11.6 Å². The van der Waals surface area contributed by atoms with Gasteiger partial charge in [0.15, 0.2) is 5.82 Å². The number of carbonyl (C=O) groups is 1. The van der Waals surface area contributed by atoms with E-state index in [0.717, 1.165) is 5.69 Å². The molecule has 0 saturated heterocycles. The Bertz CT molecular complexity index is 1010. The fourth-order valence-electron chi connectivity index (χ4n) is 2.39. The van der Waals surface area contributed by atoms with Crippen LogP contribution in [0.25, 0.3) is 0 Å². The van der Waals surface area contributed by atoms with E-state index in [1.165, 1.54) is 0 Å². The van der Waals surface area contributed by atoms with E-state index in [2.05, 4.69) is 25.7 Å². The molecule has 0 radical (unpaired) electrons. The summed E-state index contributed by atoms with van der Waals surface area (Å²) >= 11 is 0. The Morgan fingerprint density at radius 1 is 1.17 bits per heavy atom. The van der Waals surface area contributed by atoms with E-state index in [1.54, 1.807) is 69.0 Å². The summed E-state index contributed by atoms with van der Waals surface area (Å²) in [6.45, 7) is 7.22. The Labute approximate surface area is 169 Å². The number of hydrogen-bond donors (Lipinski definition) is 2. The maximum atomic E-state index is 12.0. The Kier molecular flexibility index (Phi) is 5.67. The number of amides is 1. The van der Waals surface area contributed by atoms with Crippen molar-refractivity contribution in [3.63, 3.8) is 0 Å². The second-order valence-corrected chi connectivity index (χ2v) is 7.43. The smallest absolute Gasteiger partial charge is 0.412 e. The van der Waals surface area contributed by atoms with E-state index in [4.69, 9.17) is 9.47 Å². The molecule has 2 aromatic heterocycles. The quantitative estimate of drug-likeness (QED) is 0.659. The van der Waals surface area contributed by atoms with Gasteiger partial charge in [-0.2, -0.15) is 10.1 Å². The molecular formula is C20H24N6O3. The van der Waals surface area contributed by atoms with Crippen molar-refractivity contribution in [2.75, 3.05) is 10.6 Å². The van der Waals surface area contributed by atoms with Crippen LogP contribution in [0.2, 0.25) is 0 Å². The SMILES string of the molecule is Cc1ncc(Nc2cnn(C)c2)nc1Oc1cccc(NC(=O)OC(C)(C)C)c1. The molecule has 0 aliphatic rings. The lowest BCUT2D eigenvalue weighted by Crippen LogP contribution is -2.27. The molecule has 152 valence electrons. The molecular weight excluding hydrogens is 372 g/mol. The number of nitrogens with one attached hydrogen (secondary N) is 2. The summed E-state index contributed by atoms with van der Waals surface area (Å²) in [4.78, 5) is 20.7. The molecule has 9 nitrogen and oxygen atoms in total. The molecule has 0 unspecified atom stereocenters. The van der Waals surface area contributed by atoms with Gasteiger partial charge >= 0.3 is 6.09 Å². The Morgan fingerprint density at radius 2 is 1.97 bits per heavy atom. The number of hydrogen-bond acceptors (Lipinski definition) is 7. The topological polar surface area (TPSA) is 103 Å². The van der Waals surface area contributed by atoms with Crippen molar-refractivity contribution < 1.29 is 14.3 Å². The summed E-state index contributed by atoms with van der Waals surface area (Å²) in [7, 11) is 1.83. The molecule has 2 heterocycles. The molecule has 0 aliphatic heterocycles. The van der Waals surface area contributed by atoms with Gasteiger partial charge in [-0.05, 0) is 39.8 Å². The summed E-state index contributed by atoms with van der Waals surface area (Å²) in [6, 6.07) is 6.97. The summed E-state index contributed by atoms with van der Waals surface area (Å²) in [6.07, 6.45) is 4.60. The van der Waals surface area contributed by atoms with Crippen LogP contribution in [0.1, 0.15) is 26.5 Å². The van der Waals surface area contributed by atoms with Crippen molar-refractivity contribution >= 4 is 23.3 Å². The lowest BCUT2D eigenvalue weighted by atomic mass is 10.2. The molecule has 0 spiro atoms. The molecule has 0 aliphatic carbocycles. The molecule has 2 N–H and O–H groups in total. The number of carbonyl (C=O) groups excluding carboxylic acids is 1. The Morgan fingerprint density at radius 3 is 2.66 bits per heavy atom. The zero-order valence-corrected chi connectivity index (χ0v) is 17.1. The average molecular weight is 396 g/mol. The van der Waals surface area contributed by atoms with Crippen LogP contribution in [0.3, 0.4) is 0 Å². The lowest BCUT2D eigenvalue weighted by Gasteiger charge is -2.19. The van der Waals surface area contributed by atoms with Gasteiger partial charge in [0.2, 0.25) is 5.88 Å². The van der Waals surface area contributed by atoms with Gasteiger partial charge in [0.05, 0.1) is 23.8 Å². The highest BCUT2D eigenvalue weighted by atomic mass is 16.6. The first-order chi connectivity index (χ1) is 13.7. The number of rotatable bonds is 5. The van der Waals surface area contributed by atoms with Crippen LogP contribution in [0.15, 0.2) is 42.9 Å². The molecule has 1 amide bonds. The van der Waals surface area contributed by atoms with Gasteiger partial charge < -0.3 is 14.8 Å². The van der Waals surface area contributed by atoms with Gasteiger partial charge in [0.25, 0.3) is 0 Å². The molecule has 0 fully saturated rings. The number of benzene rings is 1. The second-order valence-electron chi connectivity index (χ2n) is 7.43. The van der Waals surface area contributed by atoms with Crippen molar-refractivity contribution in [1.82, 2.24) is 19.7 Å². The van der Waals surface area contributed by atoms with Gasteiger partial charge in [-0.25, -0.2) is 4.79 Å². The maximum Gasteiger partial charge on any atom is 0.412 e. The Balaban J connectivity index is 1.72. The van der Waals surface area contributed by atoms with Crippen molar-refractivity contribution in [1.29, 1.82) is 0 Å². The van der Waals surface area contributed by atoms with Crippen molar-refractivity contribution in [2.45, 2.75) is 33.3 Å². The fraction of sp³-hybridized carbons (Fsp3) is 0.300. The minimum Gasteiger partial charge on any atom is -0.444 e. The van der Waals surface area contributed by atoms with Crippen LogP contribution in [-0.2, 0) is 11.8 Å². The summed E-state index contributed by atoms with van der Waals surface area (Å²) < 4.78 is 12.8. The minimum absolute atomic E-state index is 0.355. The highest BCUT2D eigenvalue weighted by Crippen LogP contribution is 2.26. The highest BCUT2D eigenvalue weighted by molar-refractivity contribution is 5.85. The Hall–Kier alpha value is -3.62. The van der Waals surface area contributed by atoms with E-state index < -0.39 is 11.7 Å². The van der Waals surface area contributed by atoms with Crippen LogP contribution in [0, 0.1) is 6.92 Å². The number of nitrogens with zero attached hydrogens (tertiary/aromatic N) is 4. The van der Waals surface area contributed by atoms with Crippen LogP contribution >= 0.6 is 0 Å². The molecule has 29 heavy (non-hydrogen) atoms. The van der Waals surface area contributed by atoms with Gasteiger partial charge in [-0.1, -0.05) is 6.07 Å². The first-order valence-corrected chi connectivity index (χ1v) is 9.05. The normalized spacial score (nSPS) is 11.1. The standard InChI is InChI=1S/C20H24N6O3/c1-13-18(25-17(11-21-13)23-15-10-22-26(5)12-15)28-16-8-6-7-14(9-16)24-19(27)29-20(2,3)4/h6-12H,1-5H3,(H,23,25)(H,24,27). The first kappa shape index (κ1) is 20.1. The molecule has 0 saturated carbocycles. The first-order valence-electron chi connectivity index (χ1n) is 9.05. The summed E-state index contributed by atoms with van der Waals surface area (Å²) in [5, 5.41) is 9.92. The van der Waals surface area contributed by atoms with E-state index in [9.17, 15) is 4.79 Å². The van der Waals surface area contributed by atoms with Gasteiger partial charge in [-0.15, -0.1) is 0 Å². The number of aromatic nitrogens is 4. The van der Waals surface area contributed by atoms with E-state index in [0.29, 0.717) is 28.8 Å². The van der Waals surface area contributed by atoms with Gasteiger partial charge in [0, 0.05) is 25.0 Å². The van der Waals surface area contributed by atoms with Crippen LogP contribution < -0.4 is 15.4 Å². The average Bonchev–Trinajstić information content (AvgIpc) is 3.01. The number of anilines is 3. The predicted molar refractivity (Wildman–Crippen MR) is 110 cm³/mol. The lowest BCUT2D eigenvalue weighted by molar-refractivity contribution is 0.0636. The van der Waals surface area contributed by atoms with Crippen LogP contribution in [0.5, 0.6) is 11.6 Å². The zero-order chi connectivity index (χ0) is 21.0. The minimum atomic E-state index is -0.577. The summed E-state index contributed by atoms with van der Waals surface area (Å²) in [5.41, 5.74) is 1.39. The molecule has 1 aromatic carbocycles. The number of ether oxygens (including phenoxy) is 2. The van der Waals surface area contributed by atoms with Crippen molar-refractivity contribution in [3.05, 3.63) is 48.5 Å². The third kappa shape index (κ3) is 5.93. The number of aryl methyl sites for hydroxylation is 2. The van der Waals surface area contributed by atoms with E-state index in [1.807, 2.05) is 13.2 Å². The summed E-state index contributed by atoms with van der Waals surface area (Å²) in [5.74, 6) is 1.39. The third-order valence-electron chi connectivity index (χ3n) is 3.58. The van der Waals surface area contributed by atoms with E-state index in [-0.39, 0.29) is 0 Å². The molecule has 0 atom stereocenters. The zero-order valence-electron chi connectivity index (χ0n) is 17.1. The third-order valence-corrected chi connectivity index (χ3v) is 3.58. The van der Waals surface area contributed by atoms with Crippen LogP contribution in [0.4, 0.5) is 22.0 Å². The largest absolute Gasteiger partial charge is 0.444 e. The van der Waals surface area contributed by atoms with Gasteiger partial charge in [0.1, 0.15) is 11.4 Å². The van der Waals surface area contributed by atoms with Crippen molar-refractivity contribution in [2.24, 2.45) is 7.05 Å². The monoisotopic (exact) mass is 396 g/mol. The highest BCUT2D eigenvalue weighted by Gasteiger charge is 2.16. The van der Waals surface area contributed by atoms with Crippen LogP contribution in [-0.4, -0.2) is 31.4 Å². The molecule has 0 bridgehead atoms. The molecule has 9 heteroatoms.